The second kappa shape index (κ2) is 12.5. The highest BCUT2D eigenvalue weighted by Gasteiger charge is 2.57. The lowest BCUT2D eigenvalue weighted by Crippen LogP contribution is -2.51. The predicted octanol–water partition coefficient (Wildman–Crippen LogP) is 3.32. The summed E-state index contributed by atoms with van der Waals surface area (Å²) in [6.07, 6.45) is -0.407. The number of carboxylic acids is 1. The van der Waals surface area contributed by atoms with Gasteiger partial charge in [-0.05, 0) is 17.5 Å². The number of rotatable bonds is 12. The summed E-state index contributed by atoms with van der Waals surface area (Å²) in [4.78, 5) is 36.2. The summed E-state index contributed by atoms with van der Waals surface area (Å²) in [6, 6.07) is 12.0. The van der Waals surface area contributed by atoms with Gasteiger partial charge in [0.25, 0.3) is 0 Å². The normalized spacial score (nSPS) is 23.1. The number of halogens is 1. The van der Waals surface area contributed by atoms with Crippen molar-refractivity contribution < 1.29 is 28.7 Å². The summed E-state index contributed by atoms with van der Waals surface area (Å²) in [5.41, 5.74) is 0.971. The van der Waals surface area contributed by atoms with Crippen LogP contribution in [0.25, 0.3) is 0 Å². The highest BCUT2D eigenvalue weighted by Crippen LogP contribution is 2.39. The number of aliphatic carboxylic acids is 1. The van der Waals surface area contributed by atoms with E-state index in [2.05, 4.69) is 10.6 Å². The van der Waals surface area contributed by atoms with Crippen molar-refractivity contribution in [2.45, 2.75) is 57.5 Å². The van der Waals surface area contributed by atoms with Crippen LogP contribution in [0, 0.1) is 27.8 Å². The highest BCUT2D eigenvalue weighted by molar-refractivity contribution is 5.83. The molecule has 1 amide bonds. The Bertz CT molecular complexity index is 1050. The van der Waals surface area contributed by atoms with E-state index in [1.807, 2.05) is 13.8 Å². The fourth-order valence-electron chi connectivity index (χ4n) is 4.76. The van der Waals surface area contributed by atoms with E-state index in [0.29, 0.717) is 17.5 Å². The maximum Gasteiger partial charge on any atom is 0.305 e. The largest absolute Gasteiger partial charge is 0.481 e. The van der Waals surface area contributed by atoms with Gasteiger partial charge in [0.2, 0.25) is 11.9 Å². The first-order valence-corrected chi connectivity index (χ1v) is 12.0. The SMILES string of the molecule is CC[C@H](C)[C@@H](OCc1ccccc1F)[C@H]1[C@H]([N+](=O)[O-])[C@H](c2ccccc2)N[C@@H]1C(=O)NCCC(=O)O. The fraction of sp³-hybridized carbons (Fsp3) is 0.462. The van der Waals surface area contributed by atoms with Crippen molar-refractivity contribution in [1.29, 1.82) is 0 Å². The first kappa shape index (κ1) is 27.2. The molecule has 36 heavy (non-hydrogen) atoms. The number of nitrogens with one attached hydrogen (secondary N) is 2. The van der Waals surface area contributed by atoms with Gasteiger partial charge in [-0.2, -0.15) is 0 Å². The molecule has 2 aromatic rings. The Balaban J connectivity index is 1.98. The summed E-state index contributed by atoms with van der Waals surface area (Å²) in [5, 5.41) is 27.1. The molecule has 0 spiro atoms. The molecule has 9 nitrogen and oxygen atoms in total. The number of carbonyl (C=O) groups excluding carboxylic acids is 1. The van der Waals surface area contributed by atoms with Crippen molar-refractivity contribution in [2.24, 2.45) is 11.8 Å². The molecule has 10 heteroatoms. The number of amides is 1. The summed E-state index contributed by atoms with van der Waals surface area (Å²) in [6.45, 7) is 3.59. The average Bonchev–Trinajstić information content (AvgIpc) is 3.26. The third-order valence-electron chi connectivity index (χ3n) is 6.78. The maximum atomic E-state index is 14.3. The highest BCUT2D eigenvalue weighted by atomic mass is 19.1. The van der Waals surface area contributed by atoms with Gasteiger partial charge in [-0.3, -0.25) is 25.0 Å². The van der Waals surface area contributed by atoms with Gasteiger partial charge >= 0.3 is 5.97 Å². The van der Waals surface area contributed by atoms with Crippen LogP contribution >= 0.6 is 0 Å². The number of ether oxygens (including phenoxy) is 1. The molecule has 1 fully saturated rings. The minimum Gasteiger partial charge on any atom is -0.481 e. The van der Waals surface area contributed by atoms with Gasteiger partial charge in [0.1, 0.15) is 11.9 Å². The predicted molar refractivity (Wildman–Crippen MR) is 130 cm³/mol. The molecule has 1 saturated heterocycles. The lowest BCUT2D eigenvalue weighted by atomic mass is 9.80. The number of benzene rings is 2. The zero-order valence-corrected chi connectivity index (χ0v) is 20.3. The molecular weight excluding hydrogens is 469 g/mol. The van der Waals surface area contributed by atoms with Crippen LogP contribution < -0.4 is 10.6 Å². The molecule has 2 aromatic carbocycles. The Morgan fingerprint density at radius 2 is 1.86 bits per heavy atom. The Morgan fingerprint density at radius 3 is 2.47 bits per heavy atom. The topological polar surface area (TPSA) is 131 Å². The zero-order chi connectivity index (χ0) is 26.2. The standard InChI is InChI=1S/C26H32FN3O6/c1-3-16(2)25(36-15-18-11-7-8-12-19(18)27)21-23(26(33)28-14-13-20(31)32)29-22(24(21)30(34)35)17-9-5-4-6-10-17/h4-12,16,21-25,29H,3,13-15H2,1-2H3,(H,28,33)(H,31,32)/t16-,21+,22-,23-,24-,25+/m0/s1. The molecule has 0 radical (unpaired) electrons. The van der Waals surface area contributed by atoms with E-state index in [-0.39, 0.29) is 30.4 Å². The van der Waals surface area contributed by atoms with Gasteiger partial charge < -0.3 is 15.2 Å². The quantitative estimate of drug-likeness (QED) is 0.300. The van der Waals surface area contributed by atoms with Crippen molar-refractivity contribution in [2.75, 3.05) is 6.54 Å². The third kappa shape index (κ3) is 6.44. The van der Waals surface area contributed by atoms with Crippen LogP contribution in [-0.4, -0.2) is 46.6 Å². The van der Waals surface area contributed by atoms with E-state index in [4.69, 9.17) is 9.84 Å². The molecule has 0 unspecified atom stereocenters. The molecule has 1 aliphatic rings. The first-order chi connectivity index (χ1) is 17.2. The Morgan fingerprint density at radius 1 is 1.19 bits per heavy atom. The van der Waals surface area contributed by atoms with E-state index in [1.165, 1.54) is 6.07 Å². The Hall–Kier alpha value is -3.37. The number of carbonyl (C=O) groups is 2. The number of carboxylic acid groups (broad SMARTS) is 1. The molecule has 0 aliphatic carbocycles. The second-order valence-electron chi connectivity index (χ2n) is 9.07. The molecule has 0 bridgehead atoms. The van der Waals surface area contributed by atoms with Crippen LogP contribution in [0.2, 0.25) is 0 Å². The van der Waals surface area contributed by atoms with Crippen LogP contribution in [0.1, 0.15) is 43.9 Å². The molecule has 6 atom stereocenters. The van der Waals surface area contributed by atoms with Crippen molar-refractivity contribution >= 4 is 11.9 Å². The van der Waals surface area contributed by atoms with Crippen LogP contribution in [-0.2, 0) is 20.9 Å². The smallest absolute Gasteiger partial charge is 0.305 e. The Kier molecular flexibility index (Phi) is 9.49. The monoisotopic (exact) mass is 501 g/mol. The van der Waals surface area contributed by atoms with Crippen molar-refractivity contribution in [3.8, 4) is 0 Å². The zero-order valence-electron chi connectivity index (χ0n) is 20.3. The van der Waals surface area contributed by atoms with Crippen LogP contribution in [0.15, 0.2) is 54.6 Å². The van der Waals surface area contributed by atoms with Gasteiger partial charge in [0.05, 0.1) is 31.1 Å². The lowest BCUT2D eigenvalue weighted by molar-refractivity contribution is -0.535. The summed E-state index contributed by atoms with van der Waals surface area (Å²) < 4.78 is 20.5. The summed E-state index contributed by atoms with van der Waals surface area (Å²) in [5.74, 6) is -3.12. The molecule has 0 aromatic heterocycles. The summed E-state index contributed by atoms with van der Waals surface area (Å²) in [7, 11) is 0. The lowest BCUT2D eigenvalue weighted by Gasteiger charge is -2.32. The van der Waals surface area contributed by atoms with Gasteiger partial charge in [-0.1, -0.05) is 68.8 Å². The van der Waals surface area contributed by atoms with Crippen LogP contribution in [0.5, 0.6) is 0 Å². The molecule has 1 heterocycles. The number of nitrogens with zero attached hydrogens (tertiary/aromatic N) is 1. The van der Waals surface area contributed by atoms with Crippen molar-refractivity contribution in [3.63, 3.8) is 0 Å². The molecule has 0 saturated carbocycles. The van der Waals surface area contributed by atoms with E-state index in [0.717, 1.165) is 0 Å². The average molecular weight is 502 g/mol. The van der Waals surface area contributed by atoms with E-state index in [9.17, 15) is 24.1 Å². The molecular formula is C26H32FN3O6. The Labute approximate surface area is 209 Å². The molecule has 3 rings (SSSR count). The van der Waals surface area contributed by atoms with Gasteiger partial charge in [0.15, 0.2) is 0 Å². The maximum absolute atomic E-state index is 14.3. The van der Waals surface area contributed by atoms with Crippen LogP contribution in [0.4, 0.5) is 4.39 Å². The number of hydrogen-bond donors (Lipinski definition) is 3. The molecule has 1 aliphatic heterocycles. The third-order valence-corrected chi connectivity index (χ3v) is 6.78. The minimum absolute atomic E-state index is 0.105. The minimum atomic E-state index is -1.21. The first-order valence-electron chi connectivity index (χ1n) is 12.0. The molecule has 3 N–H and O–H groups in total. The van der Waals surface area contributed by atoms with Gasteiger partial charge in [-0.25, -0.2) is 4.39 Å². The van der Waals surface area contributed by atoms with Crippen LogP contribution in [0.3, 0.4) is 0 Å². The van der Waals surface area contributed by atoms with Crippen molar-refractivity contribution in [3.05, 3.63) is 81.7 Å². The fourth-order valence-corrected chi connectivity index (χ4v) is 4.76. The number of hydrogen-bond acceptors (Lipinski definition) is 6. The van der Waals surface area contributed by atoms with E-state index < -0.39 is 47.8 Å². The summed E-state index contributed by atoms with van der Waals surface area (Å²) >= 11 is 0. The van der Waals surface area contributed by atoms with Gasteiger partial charge in [0, 0.05) is 17.0 Å². The second-order valence-corrected chi connectivity index (χ2v) is 9.07. The van der Waals surface area contributed by atoms with E-state index >= 15 is 0 Å². The molecule has 194 valence electrons. The van der Waals surface area contributed by atoms with E-state index in [1.54, 1.807) is 48.5 Å². The van der Waals surface area contributed by atoms with Crippen molar-refractivity contribution in [1.82, 2.24) is 10.6 Å². The number of nitro groups is 1. The van der Waals surface area contributed by atoms with Gasteiger partial charge in [-0.15, -0.1) is 0 Å².